The van der Waals surface area contributed by atoms with E-state index in [2.05, 4.69) is 37.2 Å². The fourth-order valence-corrected chi connectivity index (χ4v) is 1.11. The summed E-state index contributed by atoms with van der Waals surface area (Å²) in [6.45, 7) is 6.33. The number of rotatable bonds is 5. The van der Waals surface area contributed by atoms with E-state index in [0.717, 1.165) is 6.54 Å². The van der Waals surface area contributed by atoms with Crippen molar-refractivity contribution in [3.8, 4) is 0 Å². The van der Waals surface area contributed by atoms with Crippen LogP contribution in [-0.4, -0.2) is 35.2 Å². The summed E-state index contributed by atoms with van der Waals surface area (Å²) in [5, 5.41) is 11.9. The van der Waals surface area contributed by atoms with Gasteiger partial charge in [0.2, 0.25) is 5.11 Å². The third kappa shape index (κ3) is 7.87. The second-order valence-corrected chi connectivity index (χ2v) is 4.00. The average Bonchev–Trinajstić information content (AvgIpc) is 2.33. The molecule has 7 nitrogen and oxygen atoms in total. The first-order valence-corrected chi connectivity index (χ1v) is 6.18. The van der Waals surface area contributed by atoms with Gasteiger partial charge in [-0.2, -0.15) is 10.2 Å². The molecule has 0 aliphatic heterocycles. The molecule has 0 aromatic heterocycles. The first-order valence-electron chi connectivity index (χ1n) is 5.36. The molecule has 0 fully saturated rings. The van der Waals surface area contributed by atoms with E-state index in [-0.39, 0.29) is 0 Å². The maximum atomic E-state index is 4.97. The van der Waals surface area contributed by atoms with E-state index in [1.165, 1.54) is 0 Å². The summed E-state index contributed by atoms with van der Waals surface area (Å²) >= 11 is 9.90. The lowest BCUT2D eigenvalue weighted by molar-refractivity contribution is 0.748. The Balaban J connectivity index is 4.26. The highest BCUT2D eigenvalue weighted by Gasteiger charge is 1.98. The minimum absolute atomic E-state index is 0.376. The molecule has 0 aromatic rings. The van der Waals surface area contributed by atoms with Crippen molar-refractivity contribution in [3.05, 3.63) is 0 Å². The Kier molecular flexibility index (Phi) is 8.97. The molecule has 0 bridgehead atoms. The van der Waals surface area contributed by atoms with Gasteiger partial charge in [-0.1, -0.05) is 0 Å². The Morgan fingerprint density at radius 1 is 1.00 bits per heavy atom. The van der Waals surface area contributed by atoms with Crippen molar-refractivity contribution in [2.75, 3.05) is 13.6 Å². The number of hydrogen-bond acceptors (Lipinski definition) is 5. The highest BCUT2D eigenvalue weighted by molar-refractivity contribution is 7.80. The Morgan fingerprint density at radius 2 is 1.50 bits per heavy atom. The molecule has 0 aromatic carbocycles. The first kappa shape index (κ1) is 16.7. The van der Waals surface area contributed by atoms with E-state index in [1.54, 1.807) is 7.05 Å². The smallest absolute Gasteiger partial charge is 0.201 e. The van der Waals surface area contributed by atoms with Gasteiger partial charge in [0.25, 0.3) is 0 Å². The third-order valence-electron chi connectivity index (χ3n) is 1.75. The minimum Gasteiger partial charge on any atom is -0.362 e. The van der Waals surface area contributed by atoms with Crippen LogP contribution in [0.15, 0.2) is 10.2 Å². The Morgan fingerprint density at radius 3 is 1.94 bits per heavy atom. The number of hydrazine groups is 1. The van der Waals surface area contributed by atoms with Crippen LogP contribution in [0.25, 0.3) is 0 Å². The zero-order valence-electron chi connectivity index (χ0n) is 10.9. The predicted molar refractivity (Wildman–Crippen MR) is 83.6 cm³/mol. The molecule has 5 N–H and O–H groups in total. The van der Waals surface area contributed by atoms with E-state index in [0.29, 0.717) is 21.6 Å². The Bertz CT molecular complexity index is 317. The van der Waals surface area contributed by atoms with Gasteiger partial charge in [0.15, 0.2) is 5.11 Å². The lowest BCUT2D eigenvalue weighted by Gasteiger charge is -2.07. The SMILES string of the molecule is CCNC(=S)N/N=C(C)/C(C)=N/NC(=S)NNC. The quantitative estimate of drug-likeness (QED) is 0.273. The summed E-state index contributed by atoms with van der Waals surface area (Å²) in [5.41, 5.74) is 12.1. The molecular weight excluding hydrogens is 270 g/mol. The van der Waals surface area contributed by atoms with Gasteiger partial charge < -0.3 is 5.32 Å². The Hall–Kier alpha value is -1.32. The number of nitrogens with zero attached hydrogens (tertiary/aromatic N) is 2. The fourth-order valence-electron chi connectivity index (χ4n) is 0.773. The van der Waals surface area contributed by atoms with Crippen LogP contribution in [0.5, 0.6) is 0 Å². The van der Waals surface area contributed by atoms with E-state index in [9.17, 15) is 0 Å². The summed E-state index contributed by atoms with van der Waals surface area (Å²) in [5.74, 6) is 0. The summed E-state index contributed by atoms with van der Waals surface area (Å²) < 4.78 is 0. The van der Waals surface area contributed by atoms with Gasteiger partial charge >= 0.3 is 0 Å². The van der Waals surface area contributed by atoms with Gasteiger partial charge in [-0.3, -0.25) is 16.3 Å². The fraction of sp³-hybridized carbons (Fsp3) is 0.556. The molecule has 0 spiro atoms. The summed E-state index contributed by atoms with van der Waals surface area (Å²) in [6, 6.07) is 0. The van der Waals surface area contributed by atoms with Crippen molar-refractivity contribution in [1.29, 1.82) is 0 Å². The predicted octanol–water partition coefficient (Wildman–Crippen LogP) is -0.179. The van der Waals surface area contributed by atoms with Gasteiger partial charge in [0.05, 0.1) is 11.4 Å². The van der Waals surface area contributed by atoms with Crippen molar-refractivity contribution in [2.45, 2.75) is 20.8 Å². The van der Waals surface area contributed by atoms with Crippen molar-refractivity contribution < 1.29 is 0 Å². The normalized spacial score (nSPS) is 11.8. The molecule has 0 amide bonds. The van der Waals surface area contributed by atoms with E-state index >= 15 is 0 Å². The summed E-state index contributed by atoms with van der Waals surface area (Å²) in [7, 11) is 1.71. The molecule has 102 valence electrons. The van der Waals surface area contributed by atoms with E-state index < -0.39 is 0 Å². The van der Waals surface area contributed by atoms with Crippen LogP contribution in [0.3, 0.4) is 0 Å². The molecule has 0 heterocycles. The van der Waals surface area contributed by atoms with Crippen LogP contribution in [0.2, 0.25) is 0 Å². The first-order chi connectivity index (χ1) is 8.51. The molecule has 0 rings (SSSR count). The molecular formula is C9H19N7S2. The van der Waals surface area contributed by atoms with Crippen molar-refractivity contribution in [1.82, 2.24) is 27.0 Å². The molecule has 0 saturated carbocycles. The molecule has 18 heavy (non-hydrogen) atoms. The zero-order chi connectivity index (χ0) is 14.0. The van der Waals surface area contributed by atoms with E-state index in [4.69, 9.17) is 24.4 Å². The third-order valence-corrected chi connectivity index (χ3v) is 2.18. The molecule has 0 aliphatic rings. The second-order valence-electron chi connectivity index (χ2n) is 3.18. The maximum absolute atomic E-state index is 4.97. The van der Waals surface area contributed by atoms with Gasteiger partial charge in [-0.25, -0.2) is 5.43 Å². The zero-order valence-corrected chi connectivity index (χ0v) is 12.6. The standard InChI is InChI=1S/C9H19N7S2/c1-5-11-8(17)15-12-6(2)7(3)13-16-9(18)14-10-4/h10H,5H2,1-4H3,(H2,11,15,17)(H2,14,16,18)/b12-6+,13-7+. The van der Waals surface area contributed by atoms with Gasteiger partial charge in [-0.15, -0.1) is 0 Å². The van der Waals surface area contributed by atoms with E-state index in [1.807, 2.05) is 20.8 Å². The van der Waals surface area contributed by atoms with Gasteiger partial charge in [0, 0.05) is 13.6 Å². The maximum Gasteiger partial charge on any atom is 0.201 e. The van der Waals surface area contributed by atoms with Crippen LogP contribution in [-0.2, 0) is 0 Å². The van der Waals surface area contributed by atoms with Crippen LogP contribution in [0.4, 0.5) is 0 Å². The van der Waals surface area contributed by atoms with Crippen LogP contribution in [0.1, 0.15) is 20.8 Å². The number of thiocarbonyl (C=S) groups is 2. The molecule has 0 saturated heterocycles. The highest BCUT2D eigenvalue weighted by Crippen LogP contribution is 1.82. The number of hydrazone groups is 2. The molecule has 0 unspecified atom stereocenters. The largest absolute Gasteiger partial charge is 0.362 e. The lowest BCUT2D eigenvalue weighted by atomic mass is 10.3. The van der Waals surface area contributed by atoms with Crippen LogP contribution >= 0.6 is 24.4 Å². The van der Waals surface area contributed by atoms with Crippen molar-refractivity contribution >= 4 is 46.1 Å². The number of nitrogens with one attached hydrogen (secondary N) is 5. The molecule has 0 radical (unpaired) electrons. The molecule has 0 atom stereocenters. The van der Waals surface area contributed by atoms with Crippen molar-refractivity contribution in [2.24, 2.45) is 10.2 Å². The summed E-state index contributed by atoms with van der Waals surface area (Å²) in [4.78, 5) is 0. The summed E-state index contributed by atoms with van der Waals surface area (Å²) in [6.07, 6.45) is 0. The minimum atomic E-state index is 0.376. The highest BCUT2D eigenvalue weighted by atomic mass is 32.1. The molecule has 9 heteroatoms. The van der Waals surface area contributed by atoms with Crippen LogP contribution < -0.4 is 27.0 Å². The Labute approximate surface area is 118 Å². The average molecular weight is 289 g/mol. The monoisotopic (exact) mass is 289 g/mol. The molecule has 0 aliphatic carbocycles. The second kappa shape index (κ2) is 9.68. The van der Waals surface area contributed by atoms with Gasteiger partial charge in [0.1, 0.15) is 0 Å². The van der Waals surface area contributed by atoms with Crippen molar-refractivity contribution in [3.63, 3.8) is 0 Å². The van der Waals surface area contributed by atoms with Crippen LogP contribution in [0, 0.1) is 0 Å². The number of hydrogen-bond donors (Lipinski definition) is 5. The lowest BCUT2D eigenvalue weighted by Crippen LogP contribution is -2.40. The van der Waals surface area contributed by atoms with Gasteiger partial charge in [-0.05, 0) is 45.2 Å². The topological polar surface area (TPSA) is 84.9 Å².